The van der Waals surface area contributed by atoms with Crippen LogP contribution < -0.4 is 19.1 Å². The van der Waals surface area contributed by atoms with Crippen LogP contribution in [0.4, 0.5) is 10.1 Å². The van der Waals surface area contributed by atoms with Crippen molar-refractivity contribution >= 4 is 33.4 Å². The lowest BCUT2D eigenvalue weighted by atomic mass is 10.2. The number of methoxy groups -OCH3 is 2. The fraction of sp³-hybridized carbons (Fsp3) is 0.269. The lowest BCUT2D eigenvalue weighted by Gasteiger charge is -2.26. The quantitative estimate of drug-likeness (QED) is 0.327. The summed E-state index contributed by atoms with van der Waals surface area (Å²) in [7, 11) is -1.17. The van der Waals surface area contributed by atoms with E-state index in [2.05, 4.69) is 5.32 Å². The molecule has 3 rings (SSSR count). The normalized spacial score (nSPS) is 11.1. The Hall–Kier alpha value is -3.24. The number of anilines is 1. The van der Waals surface area contributed by atoms with Gasteiger partial charge in [0.2, 0.25) is 5.91 Å². The van der Waals surface area contributed by atoms with Gasteiger partial charge in [0.15, 0.2) is 0 Å². The van der Waals surface area contributed by atoms with Crippen LogP contribution in [0.3, 0.4) is 0 Å². The highest BCUT2D eigenvalue weighted by Crippen LogP contribution is 2.35. The number of hydrogen-bond donors (Lipinski definition) is 1. The van der Waals surface area contributed by atoms with Gasteiger partial charge in [-0.05, 0) is 54.1 Å². The molecule has 0 fully saturated rings. The van der Waals surface area contributed by atoms with E-state index in [1.54, 1.807) is 54.2 Å². The summed E-state index contributed by atoms with van der Waals surface area (Å²) in [6.07, 6.45) is 0.700. The van der Waals surface area contributed by atoms with Crippen LogP contribution in [0.25, 0.3) is 0 Å². The number of halogens is 1. The van der Waals surface area contributed by atoms with Crippen molar-refractivity contribution in [3.63, 3.8) is 0 Å². The summed E-state index contributed by atoms with van der Waals surface area (Å²) in [5.74, 6) is 1.54. The molecule has 0 aliphatic heterocycles. The number of amides is 1. The topological polar surface area (TPSA) is 84.9 Å². The second-order valence-corrected chi connectivity index (χ2v) is 10.7. The number of benzene rings is 3. The lowest BCUT2D eigenvalue weighted by molar-refractivity contribution is -0.119. The Morgan fingerprint density at radius 3 is 2.39 bits per heavy atom. The van der Waals surface area contributed by atoms with Gasteiger partial charge in [0.25, 0.3) is 10.0 Å². The van der Waals surface area contributed by atoms with E-state index >= 15 is 0 Å². The minimum Gasteiger partial charge on any atom is -0.497 e. The fourth-order valence-electron chi connectivity index (χ4n) is 3.37. The molecule has 0 aliphatic rings. The van der Waals surface area contributed by atoms with E-state index in [4.69, 9.17) is 9.47 Å². The molecule has 0 radical (unpaired) electrons. The molecule has 1 amide bonds. The van der Waals surface area contributed by atoms with Crippen LogP contribution in [-0.4, -0.2) is 47.4 Å². The van der Waals surface area contributed by atoms with Crippen LogP contribution >= 0.6 is 11.8 Å². The van der Waals surface area contributed by atoms with Gasteiger partial charge in [0.05, 0.1) is 24.8 Å². The molecule has 0 saturated heterocycles. The number of rotatable bonds is 13. The predicted octanol–water partition coefficient (Wildman–Crippen LogP) is 4.48. The maximum absolute atomic E-state index is 13.5. The van der Waals surface area contributed by atoms with E-state index in [0.717, 1.165) is 21.4 Å². The Balaban J connectivity index is 1.66. The molecule has 0 unspecified atom stereocenters. The third kappa shape index (κ3) is 7.38. The van der Waals surface area contributed by atoms with Gasteiger partial charge in [-0.25, -0.2) is 12.8 Å². The smallest absolute Gasteiger partial charge is 0.264 e. The standard InChI is InChI=1S/C26H29FN2O5S2/c1-33-22-13-14-25(34-2)24(17-22)29(36(31,32)23-7-4-3-5-8-23)18-26(30)28-15-6-16-35-19-20-9-11-21(27)12-10-20/h3-5,7-14,17H,6,15-16,18-19H2,1-2H3,(H,28,30). The van der Waals surface area contributed by atoms with Crippen molar-refractivity contribution in [2.45, 2.75) is 17.1 Å². The molecule has 3 aromatic rings. The molecule has 1 N–H and O–H groups in total. The molecule has 0 bridgehead atoms. The zero-order valence-electron chi connectivity index (χ0n) is 20.1. The van der Waals surface area contributed by atoms with Gasteiger partial charge < -0.3 is 14.8 Å². The largest absolute Gasteiger partial charge is 0.497 e. The monoisotopic (exact) mass is 532 g/mol. The fourth-order valence-corrected chi connectivity index (χ4v) is 5.74. The summed E-state index contributed by atoms with van der Waals surface area (Å²) in [4.78, 5) is 12.9. The van der Waals surface area contributed by atoms with Gasteiger partial charge in [0.1, 0.15) is 23.9 Å². The Morgan fingerprint density at radius 2 is 1.72 bits per heavy atom. The third-order valence-electron chi connectivity index (χ3n) is 5.24. The van der Waals surface area contributed by atoms with E-state index < -0.39 is 22.5 Å². The molecular weight excluding hydrogens is 503 g/mol. The van der Waals surface area contributed by atoms with E-state index in [-0.39, 0.29) is 16.4 Å². The summed E-state index contributed by atoms with van der Waals surface area (Å²) in [5, 5.41) is 2.80. The van der Waals surface area contributed by atoms with Gasteiger partial charge in [-0.3, -0.25) is 9.10 Å². The van der Waals surface area contributed by atoms with Crippen LogP contribution in [0.15, 0.2) is 77.7 Å². The highest BCUT2D eigenvalue weighted by Gasteiger charge is 2.29. The minimum atomic E-state index is -4.07. The number of thioether (sulfide) groups is 1. The van der Waals surface area contributed by atoms with Gasteiger partial charge in [0, 0.05) is 18.4 Å². The van der Waals surface area contributed by atoms with Gasteiger partial charge in [-0.2, -0.15) is 11.8 Å². The molecule has 0 atom stereocenters. The Morgan fingerprint density at radius 1 is 1.00 bits per heavy atom. The number of nitrogens with one attached hydrogen (secondary N) is 1. The number of nitrogens with zero attached hydrogens (tertiary/aromatic N) is 1. The molecule has 3 aromatic carbocycles. The highest BCUT2D eigenvalue weighted by molar-refractivity contribution is 7.98. The highest BCUT2D eigenvalue weighted by atomic mass is 32.2. The van der Waals surface area contributed by atoms with Crippen molar-refractivity contribution in [3.05, 3.63) is 84.2 Å². The maximum atomic E-state index is 13.5. The predicted molar refractivity (Wildman–Crippen MR) is 141 cm³/mol. The van der Waals surface area contributed by atoms with Gasteiger partial charge in [-0.15, -0.1) is 0 Å². The van der Waals surface area contributed by atoms with E-state index in [1.165, 1.54) is 44.6 Å². The van der Waals surface area contributed by atoms with Crippen LogP contribution in [0.2, 0.25) is 0 Å². The average molecular weight is 533 g/mol. The second kappa shape index (κ2) is 13.2. The van der Waals surface area contributed by atoms with E-state index in [0.29, 0.717) is 24.5 Å². The molecular formula is C26H29FN2O5S2. The van der Waals surface area contributed by atoms with Crippen LogP contribution in [0, 0.1) is 5.82 Å². The molecule has 36 heavy (non-hydrogen) atoms. The first-order valence-electron chi connectivity index (χ1n) is 11.2. The summed E-state index contributed by atoms with van der Waals surface area (Å²) in [6, 6.07) is 19.1. The van der Waals surface area contributed by atoms with Crippen LogP contribution in [0.1, 0.15) is 12.0 Å². The summed E-state index contributed by atoms with van der Waals surface area (Å²) >= 11 is 1.67. The van der Waals surface area contributed by atoms with Crippen molar-refractivity contribution in [2.75, 3.05) is 37.4 Å². The molecule has 0 saturated carbocycles. The number of carbonyl (C=O) groups excluding carboxylic acids is 1. The molecule has 7 nitrogen and oxygen atoms in total. The van der Waals surface area contributed by atoms with E-state index in [1.807, 2.05) is 0 Å². The van der Waals surface area contributed by atoms with Crippen molar-refractivity contribution in [1.82, 2.24) is 5.32 Å². The molecule has 0 aliphatic carbocycles. The molecule has 0 spiro atoms. The minimum absolute atomic E-state index is 0.0554. The first-order chi connectivity index (χ1) is 17.3. The zero-order chi connectivity index (χ0) is 26.0. The van der Waals surface area contributed by atoms with Gasteiger partial charge >= 0.3 is 0 Å². The van der Waals surface area contributed by atoms with Crippen molar-refractivity contribution in [1.29, 1.82) is 0 Å². The average Bonchev–Trinajstić information content (AvgIpc) is 2.90. The van der Waals surface area contributed by atoms with Crippen LogP contribution in [-0.2, 0) is 20.6 Å². The SMILES string of the molecule is COc1ccc(OC)c(N(CC(=O)NCCCSCc2ccc(F)cc2)S(=O)(=O)c2ccccc2)c1. The number of ether oxygens (including phenoxy) is 2. The number of carbonyl (C=O) groups is 1. The van der Waals surface area contributed by atoms with Crippen LogP contribution in [0.5, 0.6) is 11.5 Å². The van der Waals surface area contributed by atoms with Crippen molar-refractivity contribution in [3.8, 4) is 11.5 Å². The molecule has 0 heterocycles. The zero-order valence-corrected chi connectivity index (χ0v) is 21.8. The number of sulfonamides is 1. The second-order valence-electron chi connectivity index (χ2n) is 7.75. The maximum Gasteiger partial charge on any atom is 0.264 e. The molecule has 192 valence electrons. The molecule has 0 aromatic heterocycles. The van der Waals surface area contributed by atoms with E-state index in [9.17, 15) is 17.6 Å². The molecule has 10 heteroatoms. The summed E-state index contributed by atoms with van der Waals surface area (Å²) in [5.41, 5.74) is 1.23. The van der Waals surface area contributed by atoms with Crippen molar-refractivity contribution < 1.29 is 27.1 Å². The third-order valence-corrected chi connectivity index (χ3v) is 8.13. The Labute approximate surface area is 215 Å². The summed E-state index contributed by atoms with van der Waals surface area (Å²) in [6.45, 7) is -0.0345. The van der Waals surface area contributed by atoms with Crippen molar-refractivity contribution in [2.24, 2.45) is 0 Å². The Kier molecular flexibility index (Phi) is 10.0. The first-order valence-corrected chi connectivity index (χ1v) is 13.8. The van der Waals surface area contributed by atoms with Gasteiger partial charge in [-0.1, -0.05) is 30.3 Å². The summed E-state index contributed by atoms with van der Waals surface area (Å²) < 4.78 is 51.7. The number of hydrogen-bond acceptors (Lipinski definition) is 6. The first kappa shape index (κ1) is 27.3. The Bertz CT molecular complexity index is 1240. The lowest BCUT2D eigenvalue weighted by Crippen LogP contribution is -2.41.